The molecule has 0 spiro atoms. The predicted molar refractivity (Wildman–Crippen MR) is 71.5 cm³/mol. The predicted octanol–water partition coefficient (Wildman–Crippen LogP) is 3.83. The van der Waals surface area contributed by atoms with Crippen LogP contribution in [0.25, 0.3) is 22.2 Å². The number of nitrogens with zero attached hydrogens (tertiary/aromatic N) is 1. The molecule has 2 aromatic heterocycles. The summed E-state index contributed by atoms with van der Waals surface area (Å²) in [6, 6.07) is 2.20. The summed E-state index contributed by atoms with van der Waals surface area (Å²) in [5, 5.41) is 14.1. The maximum absolute atomic E-state index is 12.7. The van der Waals surface area contributed by atoms with Crippen LogP contribution in [0.2, 0.25) is 0 Å². The van der Waals surface area contributed by atoms with Crippen LogP contribution < -0.4 is 9.47 Å². The quantitative estimate of drug-likeness (QED) is 0.787. The van der Waals surface area contributed by atoms with Gasteiger partial charge in [-0.05, 0) is 6.07 Å². The lowest BCUT2D eigenvalue weighted by Gasteiger charge is -2.13. The zero-order valence-corrected chi connectivity index (χ0v) is 11.9. The third-order valence-electron chi connectivity index (χ3n) is 3.25. The number of aromatic hydroxyl groups is 1. The number of fused-ring (bicyclic) bond motifs is 1. The number of ether oxygens (including phenoxy) is 2. The first-order valence-corrected chi connectivity index (χ1v) is 6.26. The molecule has 1 aromatic carbocycles. The van der Waals surface area contributed by atoms with Gasteiger partial charge >= 0.3 is 6.18 Å². The molecular formula is C14H10F3NO5. The van der Waals surface area contributed by atoms with Gasteiger partial charge in [0.15, 0.2) is 11.3 Å². The number of aromatic nitrogens is 1. The van der Waals surface area contributed by atoms with Crippen LogP contribution in [-0.2, 0) is 6.18 Å². The molecule has 23 heavy (non-hydrogen) atoms. The van der Waals surface area contributed by atoms with E-state index in [-0.39, 0.29) is 28.3 Å². The Kier molecular flexibility index (Phi) is 3.35. The van der Waals surface area contributed by atoms with Crippen molar-refractivity contribution in [1.82, 2.24) is 5.16 Å². The van der Waals surface area contributed by atoms with Gasteiger partial charge in [-0.15, -0.1) is 0 Å². The molecule has 1 N–H and O–H groups in total. The molecule has 0 aliphatic carbocycles. The van der Waals surface area contributed by atoms with E-state index in [1.54, 1.807) is 0 Å². The largest absolute Gasteiger partial charge is 0.504 e. The number of phenols is 1. The van der Waals surface area contributed by atoms with Gasteiger partial charge in [0.05, 0.1) is 31.4 Å². The summed E-state index contributed by atoms with van der Waals surface area (Å²) < 4.78 is 57.8. The maximum Gasteiger partial charge on any atom is 0.452 e. The van der Waals surface area contributed by atoms with Crippen molar-refractivity contribution in [1.29, 1.82) is 0 Å². The summed E-state index contributed by atoms with van der Waals surface area (Å²) in [6.07, 6.45) is -3.36. The maximum atomic E-state index is 12.7. The number of alkyl halides is 3. The average Bonchev–Trinajstić information content (AvgIpc) is 3.14. The summed E-state index contributed by atoms with van der Waals surface area (Å²) in [4.78, 5) is 0. The lowest BCUT2D eigenvalue weighted by Crippen LogP contribution is -2.02. The second-order valence-corrected chi connectivity index (χ2v) is 4.53. The van der Waals surface area contributed by atoms with Crippen molar-refractivity contribution >= 4 is 11.0 Å². The second-order valence-electron chi connectivity index (χ2n) is 4.53. The molecule has 0 fully saturated rings. The Morgan fingerprint density at radius 3 is 2.43 bits per heavy atom. The Balaban J connectivity index is 2.32. The topological polar surface area (TPSA) is 77.9 Å². The minimum atomic E-state index is -4.70. The summed E-state index contributed by atoms with van der Waals surface area (Å²) >= 11 is 0. The van der Waals surface area contributed by atoms with Gasteiger partial charge in [0, 0.05) is 6.07 Å². The van der Waals surface area contributed by atoms with E-state index in [1.165, 1.54) is 26.5 Å². The van der Waals surface area contributed by atoms with Gasteiger partial charge in [-0.25, -0.2) is 0 Å². The van der Waals surface area contributed by atoms with E-state index < -0.39 is 17.7 Å². The number of hydrogen-bond acceptors (Lipinski definition) is 6. The van der Waals surface area contributed by atoms with Gasteiger partial charge in [0.1, 0.15) is 11.4 Å². The van der Waals surface area contributed by atoms with Crippen LogP contribution in [0.3, 0.4) is 0 Å². The van der Waals surface area contributed by atoms with Crippen molar-refractivity contribution < 1.29 is 36.7 Å². The number of hydrogen-bond donors (Lipinski definition) is 1. The molecule has 122 valence electrons. The average molecular weight is 329 g/mol. The molecule has 3 rings (SSSR count). The van der Waals surface area contributed by atoms with Gasteiger partial charge in [-0.2, -0.15) is 13.2 Å². The molecule has 0 aliphatic heterocycles. The Hall–Kier alpha value is -2.84. The van der Waals surface area contributed by atoms with E-state index in [9.17, 15) is 18.3 Å². The lowest BCUT2D eigenvalue weighted by molar-refractivity contribution is -0.155. The molecule has 2 heterocycles. The summed E-state index contributed by atoms with van der Waals surface area (Å²) in [5.41, 5.74) is -0.129. The first kappa shape index (κ1) is 15.1. The highest BCUT2D eigenvalue weighted by molar-refractivity contribution is 5.99. The van der Waals surface area contributed by atoms with Gasteiger partial charge in [-0.3, -0.25) is 0 Å². The SMILES string of the molecule is COc1c(-c2cc(C(F)(F)F)on2)c(O)c(OC)c2occc12. The van der Waals surface area contributed by atoms with Crippen LogP contribution in [-0.4, -0.2) is 24.5 Å². The van der Waals surface area contributed by atoms with Crippen molar-refractivity contribution in [3.8, 4) is 28.5 Å². The smallest absolute Gasteiger partial charge is 0.452 e. The fraction of sp³-hybridized carbons (Fsp3) is 0.214. The van der Waals surface area contributed by atoms with Crippen LogP contribution in [0.15, 0.2) is 27.3 Å². The normalized spacial score (nSPS) is 11.9. The minimum absolute atomic E-state index is 0.0441. The second kappa shape index (κ2) is 5.11. The molecule has 0 atom stereocenters. The number of rotatable bonds is 3. The fourth-order valence-electron chi connectivity index (χ4n) is 2.29. The van der Waals surface area contributed by atoms with Crippen LogP contribution in [0, 0.1) is 0 Å². The molecule has 0 bridgehead atoms. The van der Waals surface area contributed by atoms with E-state index >= 15 is 0 Å². The van der Waals surface area contributed by atoms with E-state index in [0.717, 1.165) is 0 Å². The number of methoxy groups -OCH3 is 2. The van der Waals surface area contributed by atoms with Gasteiger partial charge in [-0.1, -0.05) is 5.16 Å². The van der Waals surface area contributed by atoms with Crippen LogP contribution >= 0.6 is 0 Å². The van der Waals surface area contributed by atoms with Gasteiger partial charge in [0.25, 0.3) is 0 Å². The number of furan rings is 1. The number of halogens is 3. The van der Waals surface area contributed by atoms with Crippen molar-refractivity contribution in [2.24, 2.45) is 0 Å². The molecular weight excluding hydrogens is 319 g/mol. The standard InChI is InChI=1S/C14H10F3NO5/c1-20-11-6-3-4-22-12(6)13(21-2)10(19)9(11)7-5-8(23-18-7)14(15,16)17/h3-5,19H,1-2H3. The summed E-state index contributed by atoms with van der Waals surface area (Å²) in [7, 11) is 2.60. The molecule has 9 heteroatoms. The highest BCUT2D eigenvalue weighted by atomic mass is 19.4. The van der Waals surface area contributed by atoms with E-state index in [0.29, 0.717) is 11.5 Å². The third-order valence-corrected chi connectivity index (χ3v) is 3.25. The monoisotopic (exact) mass is 329 g/mol. The first-order chi connectivity index (χ1) is 10.9. The van der Waals surface area contributed by atoms with Crippen LogP contribution in [0.4, 0.5) is 13.2 Å². The first-order valence-electron chi connectivity index (χ1n) is 6.26. The Morgan fingerprint density at radius 2 is 1.87 bits per heavy atom. The van der Waals surface area contributed by atoms with E-state index in [1.807, 2.05) is 0 Å². The number of benzene rings is 1. The van der Waals surface area contributed by atoms with Gasteiger partial charge in [0.2, 0.25) is 11.5 Å². The Morgan fingerprint density at radius 1 is 1.17 bits per heavy atom. The molecule has 0 aliphatic rings. The summed E-state index contributed by atoms with van der Waals surface area (Å²) in [6.45, 7) is 0. The molecule has 0 saturated carbocycles. The highest BCUT2D eigenvalue weighted by Crippen LogP contribution is 2.50. The lowest BCUT2D eigenvalue weighted by atomic mass is 10.0. The van der Waals surface area contributed by atoms with Crippen molar-refractivity contribution in [3.63, 3.8) is 0 Å². The van der Waals surface area contributed by atoms with Crippen molar-refractivity contribution in [3.05, 3.63) is 24.2 Å². The Bertz CT molecular complexity index is 865. The third kappa shape index (κ3) is 2.24. The minimum Gasteiger partial charge on any atom is -0.504 e. The van der Waals surface area contributed by atoms with Crippen LogP contribution in [0.1, 0.15) is 5.76 Å². The van der Waals surface area contributed by atoms with Crippen LogP contribution in [0.5, 0.6) is 17.2 Å². The Labute approximate surface area is 127 Å². The molecule has 0 amide bonds. The van der Waals surface area contributed by atoms with Gasteiger partial charge < -0.3 is 23.5 Å². The zero-order valence-electron chi connectivity index (χ0n) is 11.9. The zero-order chi connectivity index (χ0) is 16.8. The summed E-state index contributed by atoms with van der Waals surface area (Å²) in [5.74, 6) is -1.71. The molecule has 0 radical (unpaired) electrons. The molecule has 0 saturated heterocycles. The molecule has 3 aromatic rings. The van der Waals surface area contributed by atoms with Crippen molar-refractivity contribution in [2.75, 3.05) is 14.2 Å². The number of phenolic OH excluding ortho intramolecular Hbond substituents is 1. The molecule has 6 nitrogen and oxygen atoms in total. The highest BCUT2D eigenvalue weighted by Gasteiger charge is 2.37. The van der Waals surface area contributed by atoms with E-state index in [2.05, 4.69) is 9.68 Å². The molecule has 0 unspecified atom stereocenters. The van der Waals surface area contributed by atoms with E-state index in [4.69, 9.17) is 13.9 Å². The van der Waals surface area contributed by atoms with Crippen molar-refractivity contribution in [2.45, 2.75) is 6.18 Å². The fourth-order valence-corrected chi connectivity index (χ4v) is 2.29.